The number of nitrogens with zero attached hydrogens (tertiary/aromatic N) is 1. The maximum Gasteiger partial charge on any atom is 0.279 e. The summed E-state index contributed by atoms with van der Waals surface area (Å²) in [6, 6.07) is -0.0982. The summed E-state index contributed by atoms with van der Waals surface area (Å²) in [5, 5.41) is 0. The number of hydrogen-bond donors (Lipinski definition) is 2. The van der Waals surface area contributed by atoms with Gasteiger partial charge in [0.15, 0.2) is 0 Å². The van der Waals surface area contributed by atoms with Crippen LogP contribution in [0.4, 0.5) is 0 Å². The summed E-state index contributed by atoms with van der Waals surface area (Å²) in [4.78, 5) is 0. The van der Waals surface area contributed by atoms with Crippen LogP contribution in [0.2, 0.25) is 0 Å². The molecule has 2 atom stereocenters. The molecular formula is C11H23N3O2S. The van der Waals surface area contributed by atoms with Crippen LogP contribution in [0.15, 0.2) is 0 Å². The first kappa shape index (κ1) is 13.3. The quantitative estimate of drug-likeness (QED) is 0.780. The Balaban J connectivity index is 1.95. The van der Waals surface area contributed by atoms with Crippen LogP contribution in [0.3, 0.4) is 0 Å². The molecule has 1 saturated carbocycles. The van der Waals surface area contributed by atoms with E-state index >= 15 is 0 Å². The van der Waals surface area contributed by atoms with E-state index in [4.69, 9.17) is 5.73 Å². The first-order valence-electron chi connectivity index (χ1n) is 6.62. The Morgan fingerprint density at radius 2 is 1.65 bits per heavy atom. The zero-order valence-electron chi connectivity index (χ0n) is 10.3. The molecule has 1 heterocycles. The molecular weight excluding hydrogens is 238 g/mol. The normalized spacial score (nSPS) is 32.5. The summed E-state index contributed by atoms with van der Waals surface area (Å²) in [6.45, 7) is 1.30. The van der Waals surface area contributed by atoms with Gasteiger partial charge < -0.3 is 5.73 Å². The van der Waals surface area contributed by atoms with Crippen molar-refractivity contribution in [2.45, 2.75) is 57.0 Å². The first-order valence-corrected chi connectivity index (χ1v) is 8.06. The minimum atomic E-state index is -3.31. The van der Waals surface area contributed by atoms with E-state index in [2.05, 4.69) is 4.72 Å². The number of nitrogens with one attached hydrogen (secondary N) is 1. The van der Waals surface area contributed by atoms with Crippen LogP contribution in [-0.4, -0.2) is 37.9 Å². The van der Waals surface area contributed by atoms with E-state index in [9.17, 15) is 8.42 Å². The van der Waals surface area contributed by atoms with Crippen molar-refractivity contribution in [3.8, 4) is 0 Å². The zero-order chi connectivity index (χ0) is 12.3. The van der Waals surface area contributed by atoms with E-state index in [0.717, 1.165) is 44.9 Å². The fraction of sp³-hybridized carbons (Fsp3) is 1.00. The molecule has 0 bridgehead atoms. The lowest BCUT2D eigenvalue weighted by molar-refractivity contribution is 0.319. The zero-order valence-corrected chi connectivity index (χ0v) is 11.1. The standard InChI is InChI=1S/C11H23N3O2S/c12-10-6-2-3-7-11(10)13-17(15,16)14-8-4-1-5-9-14/h10-11,13H,1-9,12H2/t10-,11-/m1/s1. The summed E-state index contributed by atoms with van der Waals surface area (Å²) >= 11 is 0. The van der Waals surface area contributed by atoms with Crippen LogP contribution in [0.5, 0.6) is 0 Å². The van der Waals surface area contributed by atoms with Crippen LogP contribution in [0, 0.1) is 0 Å². The average molecular weight is 261 g/mol. The van der Waals surface area contributed by atoms with Gasteiger partial charge in [0.05, 0.1) is 0 Å². The van der Waals surface area contributed by atoms with Crippen molar-refractivity contribution in [2.24, 2.45) is 5.73 Å². The molecule has 0 unspecified atom stereocenters. The number of hydrogen-bond acceptors (Lipinski definition) is 3. The summed E-state index contributed by atoms with van der Waals surface area (Å²) in [6.07, 6.45) is 7.05. The van der Waals surface area contributed by atoms with Crippen molar-refractivity contribution >= 4 is 10.2 Å². The van der Waals surface area contributed by atoms with Gasteiger partial charge in [0.25, 0.3) is 10.2 Å². The molecule has 0 aromatic rings. The molecule has 1 saturated heterocycles. The van der Waals surface area contributed by atoms with Crippen LogP contribution < -0.4 is 10.5 Å². The Morgan fingerprint density at radius 3 is 2.29 bits per heavy atom. The number of rotatable bonds is 3. The molecule has 0 aromatic carbocycles. The Labute approximate surface area is 104 Å². The smallest absolute Gasteiger partial charge is 0.279 e. The van der Waals surface area contributed by atoms with E-state index < -0.39 is 10.2 Å². The first-order chi connectivity index (χ1) is 8.09. The van der Waals surface area contributed by atoms with Crippen molar-refractivity contribution in [1.29, 1.82) is 0 Å². The number of nitrogens with two attached hydrogens (primary N) is 1. The Kier molecular flexibility index (Phi) is 4.41. The van der Waals surface area contributed by atoms with E-state index in [1.807, 2.05) is 0 Å². The third-order valence-corrected chi connectivity index (χ3v) is 5.42. The predicted octanol–water partition coefficient (Wildman–Crippen LogP) is 0.577. The van der Waals surface area contributed by atoms with Gasteiger partial charge in [-0.1, -0.05) is 19.3 Å². The molecule has 0 radical (unpaired) electrons. The van der Waals surface area contributed by atoms with Crippen molar-refractivity contribution in [3.63, 3.8) is 0 Å². The van der Waals surface area contributed by atoms with Gasteiger partial charge in [0.1, 0.15) is 0 Å². The van der Waals surface area contributed by atoms with E-state index in [1.165, 1.54) is 0 Å². The summed E-state index contributed by atoms with van der Waals surface area (Å²) in [7, 11) is -3.31. The number of piperidine rings is 1. The minimum absolute atomic E-state index is 0.0247. The fourth-order valence-corrected chi connectivity index (χ4v) is 4.24. The van der Waals surface area contributed by atoms with Crippen LogP contribution >= 0.6 is 0 Å². The second-order valence-corrected chi connectivity index (χ2v) is 6.84. The molecule has 2 fully saturated rings. The van der Waals surface area contributed by atoms with Gasteiger partial charge in [0, 0.05) is 25.2 Å². The highest BCUT2D eigenvalue weighted by Gasteiger charge is 2.30. The van der Waals surface area contributed by atoms with Gasteiger partial charge in [-0.25, -0.2) is 0 Å². The van der Waals surface area contributed by atoms with E-state index in [0.29, 0.717) is 13.1 Å². The third kappa shape index (κ3) is 3.40. The topological polar surface area (TPSA) is 75.4 Å². The molecule has 100 valence electrons. The summed E-state index contributed by atoms with van der Waals surface area (Å²) in [5.41, 5.74) is 5.97. The molecule has 2 aliphatic rings. The predicted molar refractivity (Wildman–Crippen MR) is 67.7 cm³/mol. The van der Waals surface area contributed by atoms with Crippen molar-refractivity contribution < 1.29 is 8.42 Å². The minimum Gasteiger partial charge on any atom is -0.326 e. The molecule has 1 aliphatic carbocycles. The Hall–Kier alpha value is -0.170. The lowest BCUT2D eigenvalue weighted by Crippen LogP contribution is -2.54. The second kappa shape index (κ2) is 5.65. The van der Waals surface area contributed by atoms with Crippen molar-refractivity contribution in [3.05, 3.63) is 0 Å². The third-order valence-electron chi connectivity index (χ3n) is 3.77. The van der Waals surface area contributed by atoms with Crippen molar-refractivity contribution in [2.75, 3.05) is 13.1 Å². The second-order valence-electron chi connectivity index (χ2n) is 5.14. The Bertz CT molecular complexity index is 339. The van der Waals surface area contributed by atoms with Crippen LogP contribution in [0.25, 0.3) is 0 Å². The molecule has 5 nitrogen and oxygen atoms in total. The molecule has 1 aliphatic heterocycles. The molecule has 17 heavy (non-hydrogen) atoms. The van der Waals surface area contributed by atoms with Gasteiger partial charge in [-0.2, -0.15) is 17.4 Å². The van der Waals surface area contributed by atoms with Gasteiger partial charge in [-0.3, -0.25) is 0 Å². The molecule has 2 rings (SSSR count). The van der Waals surface area contributed by atoms with Gasteiger partial charge in [-0.05, 0) is 25.7 Å². The van der Waals surface area contributed by atoms with E-state index in [-0.39, 0.29) is 12.1 Å². The van der Waals surface area contributed by atoms with Crippen molar-refractivity contribution in [1.82, 2.24) is 9.03 Å². The molecule has 0 amide bonds. The summed E-state index contributed by atoms with van der Waals surface area (Å²) in [5.74, 6) is 0. The van der Waals surface area contributed by atoms with Gasteiger partial charge in [0.2, 0.25) is 0 Å². The SMILES string of the molecule is N[C@@H]1CCCC[C@H]1NS(=O)(=O)N1CCCCC1. The monoisotopic (exact) mass is 261 g/mol. The fourth-order valence-electron chi connectivity index (χ4n) is 2.68. The van der Waals surface area contributed by atoms with E-state index in [1.54, 1.807) is 4.31 Å². The van der Waals surface area contributed by atoms with Crippen LogP contribution in [0.1, 0.15) is 44.9 Å². The molecule has 0 aromatic heterocycles. The molecule has 6 heteroatoms. The van der Waals surface area contributed by atoms with Crippen LogP contribution in [-0.2, 0) is 10.2 Å². The maximum atomic E-state index is 12.2. The maximum absolute atomic E-state index is 12.2. The summed E-state index contributed by atoms with van der Waals surface area (Å²) < 4.78 is 28.7. The van der Waals surface area contributed by atoms with Gasteiger partial charge in [-0.15, -0.1) is 0 Å². The average Bonchev–Trinajstić information content (AvgIpc) is 2.33. The highest BCUT2D eigenvalue weighted by Crippen LogP contribution is 2.19. The highest BCUT2D eigenvalue weighted by molar-refractivity contribution is 7.87. The largest absolute Gasteiger partial charge is 0.326 e. The lowest BCUT2D eigenvalue weighted by atomic mass is 9.92. The molecule has 0 spiro atoms. The lowest BCUT2D eigenvalue weighted by Gasteiger charge is -2.33. The molecule has 3 N–H and O–H groups in total. The Morgan fingerprint density at radius 1 is 1.00 bits per heavy atom. The van der Waals surface area contributed by atoms with Gasteiger partial charge >= 0.3 is 0 Å². The highest BCUT2D eigenvalue weighted by atomic mass is 32.2.